The van der Waals surface area contributed by atoms with Gasteiger partial charge in [0.1, 0.15) is 0 Å². The first-order valence-electron chi connectivity index (χ1n) is 21.2. The molecule has 0 fully saturated rings. The van der Waals surface area contributed by atoms with Crippen molar-refractivity contribution < 1.29 is 16.5 Å². The normalized spacial score (nSPS) is 12.2. The maximum absolute atomic E-state index is 5.46. The van der Waals surface area contributed by atoms with Gasteiger partial charge in [-0.25, -0.2) is 4.99 Å². The van der Waals surface area contributed by atoms with Crippen LogP contribution in [0.3, 0.4) is 0 Å². The summed E-state index contributed by atoms with van der Waals surface area (Å²) in [5.74, 6) is 0. The molecule has 0 saturated heterocycles. The van der Waals surface area contributed by atoms with E-state index in [1.54, 1.807) is 0 Å². The molecule has 0 spiro atoms. The third-order valence-electron chi connectivity index (χ3n) is 9.90. The Kier molecular flexibility index (Phi) is 28.2. The van der Waals surface area contributed by atoms with E-state index in [1.807, 2.05) is 0 Å². The smallest absolute Gasteiger partial charge is 0.0848 e. The number of rotatable bonds is 29. The molecule has 284 valence electrons. The molecule has 2 aromatic carbocycles. The zero-order chi connectivity index (χ0) is 35.4. The van der Waals surface area contributed by atoms with E-state index in [4.69, 9.17) is 9.98 Å². The van der Waals surface area contributed by atoms with Crippen LogP contribution < -0.4 is 0 Å². The van der Waals surface area contributed by atoms with Crippen LogP contribution in [-0.4, -0.2) is 11.4 Å². The van der Waals surface area contributed by atoms with Crippen molar-refractivity contribution in [1.82, 2.24) is 0 Å². The summed E-state index contributed by atoms with van der Waals surface area (Å²) in [6.45, 7) is 13.8. The molecule has 0 aromatic heterocycles. The van der Waals surface area contributed by atoms with Crippen LogP contribution in [0.15, 0.2) is 58.5 Å². The van der Waals surface area contributed by atoms with Crippen molar-refractivity contribution in [3.8, 4) is 0 Å². The van der Waals surface area contributed by atoms with Gasteiger partial charge in [-0.05, 0) is 130 Å². The van der Waals surface area contributed by atoms with E-state index in [0.717, 1.165) is 54.9 Å². The molecule has 0 aliphatic rings. The van der Waals surface area contributed by atoms with E-state index in [2.05, 4.69) is 90.1 Å². The monoisotopic (exact) mass is 727 g/mol. The van der Waals surface area contributed by atoms with E-state index in [-0.39, 0.29) is 16.5 Å². The number of hydrogen-bond acceptors (Lipinski definition) is 2. The topological polar surface area (TPSA) is 24.7 Å². The summed E-state index contributed by atoms with van der Waals surface area (Å²) >= 11 is 0. The molecule has 0 radical (unpaired) electrons. The van der Waals surface area contributed by atoms with Gasteiger partial charge in [0.15, 0.2) is 0 Å². The zero-order valence-electron chi connectivity index (χ0n) is 33.5. The van der Waals surface area contributed by atoms with Crippen LogP contribution >= 0.6 is 0 Å². The first-order chi connectivity index (χ1) is 24.1. The average Bonchev–Trinajstić information content (AvgIpc) is 3.12. The fourth-order valence-electron chi connectivity index (χ4n) is 6.65. The Hall–Kier alpha value is -1.99. The van der Waals surface area contributed by atoms with Crippen LogP contribution in [0.2, 0.25) is 0 Å². The van der Waals surface area contributed by atoms with Crippen molar-refractivity contribution in [2.24, 2.45) is 9.98 Å². The summed E-state index contributed by atoms with van der Waals surface area (Å²) in [6.07, 6.45) is 35.6. The standard InChI is InChI=1S/C47H76N2.Ni/c1-7-13-19-21-22-23-24-25-27-33-47(49-45-37-35-41(29-16-10-4)43(39-45)31-18-12-6)46(32-26-20-14-8-2)48-44-36-34-40(28-15-9-3)42(38-44)30-17-11-5;/h27,33-39H,7-26,28-32H2,1-6H3;. The maximum Gasteiger partial charge on any atom is 0.0848 e. The predicted octanol–water partition coefficient (Wildman–Crippen LogP) is 15.6. The van der Waals surface area contributed by atoms with Gasteiger partial charge in [-0.1, -0.05) is 143 Å². The summed E-state index contributed by atoms with van der Waals surface area (Å²) < 4.78 is 0. The summed E-state index contributed by atoms with van der Waals surface area (Å²) in [5.41, 5.74) is 10.4. The molecular weight excluding hydrogens is 651 g/mol. The number of aliphatic imine (C=N–C) groups is 2. The molecule has 0 atom stereocenters. The number of nitrogens with zero attached hydrogens (tertiary/aromatic N) is 2. The summed E-state index contributed by atoms with van der Waals surface area (Å²) in [4.78, 5) is 10.9. The largest absolute Gasteiger partial charge is 0.251 e. The van der Waals surface area contributed by atoms with Crippen molar-refractivity contribution in [3.05, 3.63) is 70.8 Å². The molecule has 3 heteroatoms. The fraction of sp³-hybridized carbons (Fsp3) is 0.660. The van der Waals surface area contributed by atoms with Crippen molar-refractivity contribution in [3.63, 3.8) is 0 Å². The number of allylic oxidation sites excluding steroid dienone is 2. The third-order valence-corrected chi connectivity index (χ3v) is 9.90. The molecule has 0 heterocycles. The van der Waals surface area contributed by atoms with Crippen LogP contribution in [-0.2, 0) is 42.2 Å². The summed E-state index contributed by atoms with van der Waals surface area (Å²) in [6, 6.07) is 14.1. The fourth-order valence-corrected chi connectivity index (χ4v) is 6.65. The predicted molar refractivity (Wildman–Crippen MR) is 222 cm³/mol. The molecule has 0 saturated carbocycles. The van der Waals surface area contributed by atoms with Gasteiger partial charge in [-0.3, -0.25) is 4.99 Å². The molecule has 0 N–H and O–H groups in total. The molecular formula is C47H76N2Ni. The van der Waals surface area contributed by atoms with E-state index < -0.39 is 0 Å². The molecule has 0 aliphatic carbocycles. The third kappa shape index (κ3) is 19.6. The first kappa shape index (κ1) is 46.0. The molecule has 0 amide bonds. The second-order valence-electron chi connectivity index (χ2n) is 14.5. The molecule has 0 bridgehead atoms. The van der Waals surface area contributed by atoms with Gasteiger partial charge < -0.3 is 0 Å². The Balaban J connectivity index is 0.0000125. The molecule has 50 heavy (non-hydrogen) atoms. The summed E-state index contributed by atoms with van der Waals surface area (Å²) in [5, 5.41) is 0. The second kappa shape index (κ2) is 30.6. The van der Waals surface area contributed by atoms with Crippen LogP contribution in [0.1, 0.15) is 199 Å². The second-order valence-corrected chi connectivity index (χ2v) is 14.5. The van der Waals surface area contributed by atoms with Crippen LogP contribution in [0.4, 0.5) is 11.4 Å². The van der Waals surface area contributed by atoms with Crippen molar-refractivity contribution in [2.45, 2.75) is 202 Å². The van der Waals surface area contributed by atoms with Gasteiger partial charge in [0.05, 0.1) is 22.8 Å². The number of unbranched alkanes of at least 4 members (excludes halogenated alkanes) is 14. The molecule has 0 aliphatic heterocycles. The van der Waals surface area contributed by atoms with E-state index in [0.29, 0.717) is 0 Å². The maximum atomic E-state index is 5.46. The van der Waals surface area contributed by atoms with Gasteiger partial charge in [0, 0.05) is 16.5 Å². The average molecular weight is 728 g/mol. The van der Waals surface area contributed by atoms with Crippen molar-refractivity contribution in [1.29, 1.82) is 0 Å². The Morgan fingerprint density at radius 3 is 1.38 bits per heavy atom. The van der Waals surface area contributed by atoms with E-state index in [9.17, 15) is 0 Å². The molecule has 0 unspecified atom stereocenters. The minimum Gasteiger partial charge on any atom is -0.251 e. The van der Waals surface area contributed by atoms with Crippen molar-refractivity contribution >= 4 is 22.8 Å². The van der Waals surface area contributed by atoms with Crippen LogP contribution in [0, 0.1) is 0 Å². The van der Waals surface area contributed by atoms with E-state index in [1.165, 1.54) is 151 Å². The molecule has 2 rings (SSSR count). The quantitative estimate of drug-likeness (QED) is 0.0453. The van der Waals surface area contributed by atoms with Crippen LogP contribution in [0.25, 0.3) is 0 Å². The Morgan fingerprint density at radius 1 is 0.460 bits per heavy atom. The van der Waals surface area contributed by atoms with Gasteiger partial charge in [0.2, 0.25) is 0 Å². The minimum atomic E-state index is 0. The Labute approximate surface area is 320 Å². The van der Waals surface area contributed by atoms with Gasteiger partial charge >= 0.3 is 0 Å². The Morgan fingerprint density at radius 2 is 0.880 bits per heavy atom. The first-order valence-corrected chi connectivity index (χ1v) is 21.2. The molecule has 2 nitrogen and oxygen atoms in total. The SMILES string of the molecule is CCCCCCCCCC=CC(=Nc1ccc(CCCC)c(CCCC)c1)C(CCCCCC)=Nc1ccc(CCCC)c(CCCC)c1.[Ni]. The minimum absolute atomic E-state index is 0. The number of benzene rings is 2. The number of aryl methyl sites for hydroxylation is 4. The van der Waals surface area contributed by atoms with Gasteiger partial charge in [-0.15, -0.1) is 0 Å². The zero-order valence-corrected chi connectivity index (χ0v) is 34.5. The van der Waals surface area contributed by atoms with Crippen LogP contribution in [0.5, 0.6) is 0 Å². The summed E-state index contributed by atoms with van der Waals surface area (Å²) in [7, 11) is 0. The van der Waals surface area contributed by atoms with Gasteiger partial charge in [-0.2, -0.15) is 0 Å². The Bertz CT molecular complexity index is 1220. The van der Waals surface area contributed by atoms with Crippen molar-refractivity contribution in [2.75, 3.05) is 0 Å². The molecule has 2 aromatic rings. The van der Waals surface area contributed by atoms with E-state index >= 15 is 0 Å². The number of hydrogen-bond donors (Lipinski definition) is 0. The van der Waals surface area contributed by atoms with Gasteiger partial charge in [0.25, 0.3) is 0 Å².